The van der Waals surface area contributed by atoms with E-state index in [2.05, 4.69) is 22.2 Å². The Kier molecular flexibility index (Phi) is 3.67. The topological polar surface area (TPSA) is 37.8 Å². The van der Waals surface area contributed by atoms with Crippen LogP contribution in [0.1, 0.15) is 44.3 Å². The lowest BCUT2D eigenvalue weighted by atomic mass is 9.95. The summed E-state index contributed by atoms with van der Waals surface area (Å²) < 4.78 is 0. The second kappa shape index (κ2) is 5.21. The molecule has 0 aromatic carbocycles. The summed E-state index contributed by atoms with van der Waals surface area (Å²) >= 11 is 0. The maximum atomic E-state index is 4.42. The zero-order valence-corrected chi connectivity index (χ0v) is 9.32. The van der Waals surface area contributed by atoms with Crippen molar-refractivity contribution in [3.63, 3.8) is 0 Å². The fraction of sp³-hybridized carbons (Fsp3) is 0.667. The van der Waals surface area contributed by atoms with Gasteiger partial charge >= 0.3 is 0 Å². The van der Waals surface area contributed by atoms with Gasteiger partial charge in [-0.3, -0.25) is 9.97 Å². The summed E-state index contributed by atoms with van der Waals surface area (Å²) in [6.45, 7) is 3.15. The summed E-state index contributed by atoms with van der Waals surface area (Å²) in [7, 11) is 0. The molecular formula is C12H19N3. The Morgan fingerprint density at radius 1 is 1.40 bits per heavy atom. The second-order valence-electron chi connectivity index (χ2n) is 4.21. The van der Waals surface area contributed by atoms with Gasteiger partial charge in [0.2, 0.25) is 0 Å². The van der Waals surface area contributed by atoms with Gasteiger partial charge in [0.25, 0.3) is 0 Å². The Labute approximate surface area is 91.3 Å². The van der Waals surface area contributed by atoms with Crippen LogP contribution in [0.3, 0.4) is 0 Å². The molecule has 1 fully saturated rings. The highest BCUT2D eigenvalue weighted by atomic mass is 15.0. The van der Waals surface area contributed by atoms with Crippen LogP contribution in [0, 0.1) is 5.92 Å². The summed E-state index contributed by atoms with van der Waals surface area (Å²) in [5, 5.41) is 3.54. The summed E-state index contributed by atoms with van der Waals surface area (Å²) in [5.41, 5.74) is 1.10. The van der Waals surface area contributed by atoms with Crippen LogP contribution < -0.4 is 5.32 Å². The van der Waals surface area contributed by atoms with Crippen molar-refractivity contribution in [1.82, 2.24) is 15.3 Å². The molecule has 82 valence electrons. The van der Waals surface area contributed by atoms with E-state index in [1.54, 1.807) is 12.4 Å². The third kappa shape index (κ3) is 2.53. The van der Waals surface area contributed by atoms with Crippen molar-refractivity contribution in [2.24, 2.45) is 5.92 Å². The van der Waals surface area contributed by atoms with Gasteiger partial charge in [0.15, 0.2) is 0 Å². The molecule has 0 amide bonds. The minimum atomic E-state index is 0.409. The average molecular weight is 205 g/mol. The number of nitrogens with zero attached hydrogens (tertiary/aromatic N) is 2. The lowest BCUT2D eigenvalue weighted by Gasteiger charge is -2.23. The highest BCUT2D eigenvalue weighted by molar-refractivity contribution is 5.05. The minimum Gasteiger partial charge on any atom is -0.309 e. The van der Waals surface area contributed by atoms with Gasteiger partial charge in [0.05, 0.1) is 11.7 Å². The van der Waals surface area contributed by atoms with E-state index in [-0.39, 0.29) is 0 Å². The van der Waals surface area contributed by atoms with Crippen molar-refractivity contribution >= 4 is 0 Å². The van der Waals surface area contributed by atoms with Crippen molar-refractivity contribution in [3.05, 3.63) is 24.3 Å². The van der Waals surface area contributed by atoms with E-state index < -0.39 is 0 Å². The van der Waals surface area contributed by atoms with E-state index in [0.29, 0.717) is 6.04 Å². The van der Waals surface area contributed by atoms with Crippen molar-refractivity contribution < 1.29 is 0 Å². The molecule has 1 aliphatic carbocycles. The minimum absolute atomic E-state index is 0.409. The smallest absolute Gasteiger partial charge is 0.0758 e. The van der Waals surface area contributed by atoms with Crippen molar-refractivity contribution in [2.75, 3.05) is 6.54 Å². The number of aromatic nitrogens is 2. The Balaban J connectivity index is 2.11. The monoisotopic (exact) mass is 205 g/mol. The van der Waals surface area contributed by atoms with Crippen molar-refractivity contribution in [2.45, 2.75) is 38.6 Å². The molecule has 3 nitrogen and oxygen atoms in total. The van der Waals surface area contributed by atoms with Crippen LogP contribution in [0.15, 0.2) is 18.6 Å². The summed E-state index contributed by atoms with van der Waals surface area (Å²) in [6.07, 6.45) is 10.8. The Hall–Kier alpha value is -0.960. The molecule has 0 radical (unpaired) electrons. The first-order chi connectivity index (χ1) is 7.42. The first kappa shape index (κ1) is 10.6. The SMILES string of the molecule is CCNC(c1cnccn1)C1CCCC1. The number of hydrogen-bond acceptors (Lipinski definition) is 3. The zero-order valence-electron chi connectivity index (χ0n) is 9.32. The third-order valence-electron chi connectivity index (χ3n) is 3.20. The largest absolute Gasteiger partial charge is 0.309 e. The van der Waals surface area contributed by atoms with Crippen molar-refractivity contribution in [3.8, 4) is 0 Å². The Morgan fingerprint density at radius 3 is 2.80 bits per heavy atom. The lowest BCUT2D eigenvalue weighted by Crippen LogP contribution is -2.27. The molecule has 0 saturated heterocycles. The molecule has 1 aromatic rings. The van der Waals surface area contributed by atoms with E-state index in [1.165, 1.54) is 25.7 Å². The predicted molar refractivity (Wildman–Crippen MR) is 60.4 cm³/mol. The highest BCUT2D eigenvalue weighted by Gasteiger charge is 2.26. The summed E-state index contributed by atoms with van der Waals surface area (Å²) in [6, 6.07) is 0.409. The van der Waals surface area contributed by atoms with Crippen LogP contribution in [-0.2, 0) is 0 Å². The molecule has 0 bridgehead atoms. The maximum absolute atomic E-state index is 4.42. The molecule has 1 aliphatic rings. The Bertz CT molecular complexity index is 280. The molecular weight excluding hydrogens is 186 g/mol. The number of nitrogens with one attached hydrogen (secondary N) is 1. The van der Waals surface area contributed by atoms with Gasteiger partial charge in [-0.15, -0.1) is 0 Å². The fourth-order valence-electron chi connectivity index (χ4n) is 2.49. The molecule has 2 rings (SSSR count). The first-order valence-electron chi connectivity index (χ1n) is 5.91. The Morgan fingerprint density at radius 2 is 2.20 bits per heavy atom. The molecule has 0 aliphatic heterocycles. The normalized spacial score (nSPS) is 19.3. The average Bonchev–Trinajstić information content (AvgIpc) is 2.80. The van der Waals surface area contributed by atoms with Gasteiger partial charge in [-0.05, 0) is 25.3 Å². The molecule has 1 N–H and O–H groups in total. The third-order valence-corrected chi connectivity index (χ3v) is 3.20. The quantitative estimate of drug-likeness (QED) is 0.819. The van der Waals surface area contributed by atoms with Gasteiger partial charge in [-0.1, -0.05) is 19.8 Å². The molecule has 15 heavy (non-hydrogen) atoms. The van der Waals surface area contributed by atoms with E-state index in [9.17, 15) is 0 Å². The molecule has 3 heteroatoms. The zero-order chi connectivity index (χ0) is 10.5. The molecule has 1 heterocycles. The van der Waals surface area contributed by atoms with Crippen molar-refractivity contribution in [1.29, 1.82) is 0 Å². The van der Waals surface area contributed by atoms with E-state index in [0.717, 1.165) is 18.2 Å². The highest BCUT2D eigenvalue weighted by Crippen LogP contribution is 2.34. The van der Waals surface area contributed by atoms with E-state index >= 15 is 0 Å². The van der Waals surface area contributed by atoms with E-state index in [4.69, 9.17) is 0 Å². The maximum Gasteiger partial charge on any atom is 0.0758 e. The number of hydrogen-bond donors (Lipinski definition) is 1. The molecule has 1 atom stereocenters. The standard InChI is InChI=1S/C12H19N3/c1-2-14-12(10-5-3-4-6-10)11-9-13-7-8-15-11/h7-10,12,14H,2-6H2,1H3. The second-order valence-corrected chi connectivity index (χ2v) is 4.21. The first-order valence-corrected chi connectivity index (χ1v) is 5.91. The molecule has 0 spiro atoms. The van der Waals surface area contributed by atoms with Gasteiger partial charge in [0, 0.05) is 18.6 Å². The lowest BCUT2D eigenvalue weighted by molar-refractivity contribution is 0.366. The fourth-order valence-corrected chi connectivity index (χ4v) is 2.49. The van der Waals surface area contributed by atoms with Crippen LogP contribution >= 0.6 is 0 Å². The van der Waals surface area contributed by atoms with Crippen LogP contribution in [0.25, 0.3) is 0 Å². The van der Waals surface area contributed by atoms with Gasteiger partial charge < -0.3 is 5.32 Å². The van der Waals surface area contributed by atoms with Crippen LogP contribution in [-0.4, -0.2) is 16.5 Å². The van der Waals surface area contributed by atoms with Gasteiger partial charge in [-0.2, -0.15) is 0 Å². The van der Waals surface area contributed by atoms with Gasteiger partial charge in [-0.25, -0.2) is 0 Å². The van der Waals surface area contributed by atoms with Gasteiger partial charge in [0.1, 0.15) is 0 Å². The summed E-state index contributed by atoms with van der Waals surface area (Å²) in [4.78, 5) is 8.57. The van der Waals surface area contributed by atoms with E-state index in [1.807, 2.05) is 6.20 Å². The van der Waals surface area contributed by atoms with Crippen LogP contribution in [0.2, 0.25) is 0 Å². The van der Waals surface area contributed by atoms with Crippen LogP contribution in [0.5, 0.6) is 0 Å². The predicted octanol–water partition coefficient (Wildman–Crippen LogP) is 2.32. The molecule has 1 saturated carbocycles. The number of rotatable bonds is 4. The summed E-state index contributed by atoms with van der Waals surface area (Å²) in [5.74, 6) is 0.752. The molecule has 1 unspecified atom stereocenters. The molecule has 1 aromatic heterocycles. The van der Waals surface area contributed by atoms with Crippen LogP contribution in [0.4, 0.5) is 0 Å².